The normalized spacial score (nSPS) is 12.7. The number of hydrogen-bond acceptors (Lipinski definition) is 3. The van der Waals surface area contributed by atoms with E-state index in [9.17, 15) is 0 Å². The molecule has 90 valence electrons. The SMILES string of the molecule is CNC(c1ccoc1)c1ccc2cccnc2c1. The van der Waals surface area contributed by atoms with Crippen LogP contribution >= 0.6 is 0 Å². The Morgan fingerprint density at radius 1 is 1.17 bits per heavy atom. The predicted molar refractivity (Wildman–Crippen MR) is 71.4 cm³/mol. The van der Waals surface area contributed by atoms with E-state index in [4.69, 9.17) is 4.42 Å². The zero-order chi connectivity index (χ0) is 12.4. The molecule has 1 atom stereocenters. The van der Waals surface area contributed by atoms with Gasteiger partial charge in [-0.1, -0.05) is 18.2 Å². The van der Waals surface area contributed by atoms with Gasteiger partial charge in [-0.25, -0.2) is 0 Å². The standard InChI is InChI=1S/C15H14N2O/c1-16-15(13-6-8-18-10-13)12-5-4-11-3-2-7-17-14(11)9-12/h2-10,15-16H,1H3. The second-order valence-electron chi connectivity index (χ2n) is 4.23. The van der Waals surface area contributed by atoms with Gasteiger partial charge in [0.15, 0.2) is 0 Å². The van der Waals surface area contributed by atoms with Crippen LogP contribution in [0.25, 0.3) is 10.9 Å². The van der Waals surface area contributed by atoms with Crippen LogP contribution < -0.4 is 5.32 Å². The number of furan rings is 1. The lowest BCUT2D eigenvalue weighted by Crippen LogP contribution is -2.16. The molecule has 3 nitrogen and oxygen atoms in total. The van der Waals surface area contributed by atoms with E-state index < -0.39 is 0 Å². The summed E-state index contributed by atoms with van der Waals surface area (Å²) in [5.74, 6) is 0. The summed E-state index contributed by atoms with van der Waals surface area (Å²) in [6, 6.07) is 12.5. The highest BCUT2D eigenvalue weighted by molar-refractivity contribution is 5.79. The minimum atomic E-state index is 0.134. The first-order chi connectivity index (χ1) is 8.88. The molecule has 0 bridgehead atoms. The van der Waals surface area contributed by atoms with Crippen LogP contribution in [0.3, 0.4) is 0 Å². The Labute approximate surface area is 105 Å². The molecule has 3 rings (SSSR count). The molecule has 0 aliphatic rings. The minimum Gasteiger partial charge on any atom is -0.472 e. The lowest BCUT2D eigenvalue weighted by atomic mass is 10.00. The molecule has 1 aromatic carbocycles. The second-order valence-corrected chi connectivity index (χ2v) is 4.23. The number of nitrogens with zero attached hydrogens (tertiary/aromatic N) is 1. The summed E-state index contributed by atoms with van der Waals surface area (Å²) in [4.78, 5) is 4.39. The van der Waals surface area contributed by atoms with E-state index in [1.807, 2.05) is 25.4 Å². The Balaban J connectivity index is 2.07. The minimum absolute atomic E-state index is 0.134. The van der Waals surface area contributed by atoms with Crippen molar-refractivity contribution in [2.45, 2.75) is 6.04 Å². The van der Waals surface area contributed by atoms with E-state index in [2.05, 4.69) is 34.6 Å². The van der Waals surface area contributed by atoms with Crippen molar-refractivity contribution < 1.29 is 4.42 Å². The average Bonchev–Trinajstić information content (AvgIpc) is 2.93. The maximum absolute atomic E-state index is 5.15. The van der Waals surface area contributed by atoms with Crippen LogP contribution in [0.2, 0.25) is 0 Å². The van der Waals surface area contributed by atoms with Gasteiger partial charge in [0.25, 0.3) is 0 Å². The molecule has 1 unspecified atom stereocenters. The predicted octanol–water partition coefficient (Wildman–Crippen LogP) is 3.14. The van der Waals surface area contributed by atoms with Crippen LogP contribution in [0.15, 0.2) is 59.5 Å². The maximum Gasteiger partial charge on any atom is 0.0953 e. The summed E-state index contributed by atoms with van der Waals surface area (Å²) in [5, 5.41) is 4.45. The number of pyridine rings is 1. The fraction of sp³-hybridized carbons (Fsp3) is 0.133. The molecule has 0 radical (unpaired) electrons. The topological polar surface area (TPSA) is 38.1 Å². The van der Waals surface area contributed by atoms with Crippen LogP contribution in [0.1, 0.15) is 17.2 Å². The Kier molecular flexibility index (Phi) is 2.82. The van der Waals surface area contributed by atoms with Gasteiger partial charge in [-0.2, -0.15) is 0 Å². The van der Waals surface area contributed by atoms with E-state index >= 15 is 0 Å². The Morgan fingerprint density at radius 3 is 2.89 bits per heavy atom. The lowest BCUT2D eigenvalue weighted by Gasteiger charge is -2.15. The third-order valence-electron chi connectivity index (χ3n) is 3.13. The Bertz CT molecular complexity index is 646. The van der Waals surface area contributed by atoms with Gasteiger partial charge in [0, 0.05) is 17.1 Å². The number of aromatic nitrogens is 1. The van der Waals surface area contributed by atoms with Crippen LogP contribution in [-0.4, -0.2) is 12.0 Å². The largest absolute Gasteiger partial charge is 0.472 e. The van der Waals surface area contributed by atoms with Crippen molar-refractivity contribution >= 4 is 10.9 Å². The van der Waals surface area contributed by atoms with E-state index in [1.54, 1.807) is 12.5 Å². The van der Waals surface area contributed by atoms with Crippen molar-refractivity contribution in [3.05, 3.63) is 66.2 Å². The van der Waals surface area contributed by atoms with Gasteiger partial charge in [-0.15, -0.1) is 0 Å². The van der Waals surface area contributed by atoms with Crippen molar-refractivity contribution in [2.24, 2.45) is 0 Å². The molecule has 1 N–H and O–H groups in total. The third kappa shape index (κ3) is 1.89. The highest BCUT2D eigenvalue weighted by Crippen LogP contribution is 2.24. The van der Waals surface area contributed by atoms with Crippen molar-refractivity contribution in [1.29, 1.82) is 0 Å². The molecule has 0 saturated heterocycles. The molecule has 0 aliphatic carbocycles. The summed E-state index contributed by atoms with van der Waals surface area (Å²) in [5.41, 5.74) is 3.32. The summed E-state index contributed by atoms with van der Waals surface area (Å²) in [6.07, 6.45) is 5.28. The quantitative estimate of drug-likeness (QED) is 0.761. The highest BCUT2D eigenvalue weighted by Gasteiger charge is 2.13. The number of benzene rings is 1. The van der Waals surface area contributed by atoms with E-state index in [0.717, 1.165) is 16.5 Å². The molecule has 18 heavy (non-hydrogen) atoms. The molecule has 0 aliphatic heterocycles. The van der Waals surface area contributed by atoms with Gasteiger partial charge in [0.05, 0.1) is 24.1 Å². The number of nitrogens with one attached hydrogen (secondary N) is 1. The van der Waals surface area contributed by atoms with Gasteiger partial charge < -0.3 is 9.73 Å². The molecule has 0 fully saturated rings. The van der Waals surface area contributed by atoms with Gasteiger partial charge in [-0.05, 0) is 30.8 Å². The lowest BCUT2D eigenvalue weighted by molar-refractivity contribution is 0.557. The highest BCUT2D eigenvalue weighted by atomic mass is 16.3. The first kappa shape index (κ1) is 11.0. The summed E-state index contributed by atoms with van der Waals surface area (Å²) >= 11 is 0. The van der Waals surface area contributed by atoms with Crippen molar-refractivity contribution in [1.82, 2.24) is 10.3 Å². The van der Waals surface area contributed by atoms with E-state index in [1.165, 1.54) is 5.56 Å². The smallest absolute Gasteiger partial charge is 0.0953 e. The fourth-order valence-electron chi connectivity index (χ4n) is 2.23. The first-order valence-electron chi connectivity index (χ1n) is 5.92. The number of fused-ring (bicyclic) bond motifs is 1. The summed E-state index contributed by atoms with van der Waals surface area (Å²) in [6.45, 7) is 0. The van der Waals surface area contributed by atoms with Gasteiger partial charge in [0.1, 0.15) is 0 Å². The molecular weight excluding hydrogens is 224 g/mol. The zero-order valence-electron chi connectivity index (χ0n) is 10.1. The molecule has 2 heterocycles. The Hall–Kier alpha value is -2.13. The monoisotopic (exact) mass is 238 g/mol. The third-order valence-corrected chi connectivity index (χ3v) is 3.13. The second kappa shape index (κ2) is 4.63. The van der Waals surface area contributed by atoms with Crippen molar-refractivity contribution in [3.8, 4) is 0 Å². The van der Waals surface area contributed by atoms with E-state index in [0.29, 0.717) is 0 Å². The molecular formula is C15H14N2O. The van der Waals surface area contributed by atoms with Crippen LogP contribution in [0.5, 0.6) is 0 Å². The van der Waals surface area contributed by atoms with Gasteiger partial charge >= 0.3 is 0 Å². The molecule has 0 spiro atoms. The number of hydrogen-bond donors (Lipinski definition) is 1. The van der Waals surface area contributed by atoms with Crippen molar-refractivity contribution in [2.75, 3.05) is 7.05 Å². The van der Waals surface area contributed by atoms with Gasteiger partial charge in [-0.3, -0.25) is 4.98 Å². The number of rotatable bonds is 3. The molecule has 0 amide bonds. The molecule has 3 aromatic rings. The van der Waals surface area contributed by atoms with Gasteiger partial charge in [0.2, 0.25) is 0 Å². The Morgan fingerprint density at radius 2 is 2.11 bits per heavy atom. The van der Waals surface area contributed by atoms with Crippen molar-refractivity contribution in [3.63, 3.8) is 0 Å². The van der Waals surface area contributed by atoms with Crippen LogP contribution in [0, 0.1) is 0 Å². The summed E-state index contributed by atoms with van der Waals surface area (Å²) < 4.78 is 5.15. The van der Waals surface area contributed by atoms with E-state index in [-0.39, 0.29) is 6.04 Å². The average molecular weight is 238 g/mol. The maximum atomic E-state index is 5.15. The molecule has 0 saturated carbocycles. The first-order valence-corrected chi connectivity index (χ1v) is 5.92. The fourth-order valence-corrected chi connectivity index (χ4v) is 2.23. The molecule has 2 aromatic heterocycles. The summed E-state index contributed by atoms with van der Waals surface area (Å²) in [7, 11) is 1.94. The van der Waals surface area contributed by atoms with Crippen LogP contribution in [-0.2, 0) is 0 Å². The zero-order valence-corrected chi connectivity index (χ0v) is 10.1. The molecule has 3 heteroatoms. The van der Waals surface area contributed by atoms with Crippen LogP contribution in [0.4, 0.5) is 0 Å².